The molecule has 0 radical (unpaired) electrons. The van der Waals surface area contributed by atoms with Crippen LogP contribution in [0, 0.1) is 5.92 Å². The van der Waals surface area contributed by atoms with Gasteiger partial charge in [-0.05, 0) is 50.7 Å². The van der Waals surface area contributed by atoms with Crippen LogP contribution in [-0.2, 0) is 25.6 Å². The van der Waals surface area contributed by atoms with Crippen molar-refractivity contribution in [3.63, 3.8) is 0 Å². The highest BCUT2D eigenvalue weighted by Crippen LogP contribution is 2.30. The molecule has 0 aliphatic carbocycles. The Kier molecular flexibility index (Phi) is 7.41. The summed E-state index contributed by atoms with van der Waals surface area (Å²) in [4.78, 5) is 12.4. The van der Waals surface area contributed by atoms with Gasteiger partial charge in [0.2, 0.25) is 5.91 Å². The molecular formula is C20H31NO4. The van der Waals surface area contributed by atoms with E-state index in [1.54, 1.807) is 7.11 Å². The molecule has 0 spiro atoms. The predicted octanol–water partition coefficient (Wildman–Crippen LogP) is 3.23. The number of nitrogens with one attached hydrogen (secondary N) is 1. The van der Waals surface area contributed by atoms with Crippen LogP contribution in [0.15, 0.2) is 24.3 Å². The van der Waals surface area contributed by atoms with Gasteiger partial charge in [0.05, 0.1) is 18.2 Å². The number of hydrogen-bond acceptors (Lipinski definition) is 4. The monoisotopic (exact) mass is 349 g/mol. The first-order valence-corrected chi connectivity index (χ1v) is 8.98. The Balaban J connectivity index is 2.08. The smallest absolute Gasteiger partial charge is 0.246 e. The topological polar surface area (TPSA) is 56.8 Å². The van der Waals surface area contributed by atoms with E-state index in [1.165, 1.54) is 0 Å². The molecule has 5 nitrogen and oxygen atoms in total. The van der Waals surface area contributed by atoms with Crippen molar-refractivity contribution in [1.82, 2.24) is 5.32 Å². The molecule has 1 aromatic carbocycles. The van der Waals surface area contributed by atoms with Gasteiger partial charge in [0.25, 0.3) is 0 Å². The summed E-state index contributed by atoms with van der Waals surface area (Å²) in [6, 6.07) is 8.27. The zero-order chi connectivity index (χ0) is 18.3. The number of ether oxygens (including phenoxy) is 3. The number of carbonyl (C=O) groups excluding carboxylic acids is 1. The molecule has 0 aromatic heterocycles. The standard InChI is InChI=1S/C20H31NO4/c1-20(2,3)25-14-18(22)21-19(17-9-11-24-12-10-17)16-7-5-15(6-8-16)13-23-4/h5-8,17,19H,9-14H2,1-4H3,(H,21,22). The fourth-order valence-corrected chi connectivity index (χ4v) is 3.01. The summed E-state index contributed by atoms with van der Waals surface area (Å²) in [5.41, 5.74) is 1.92. The van der Waals surface area contributed by atoms with Crippen molar-refractivity contribution in [2.45, 2.75) is 51.9 Å². The third-order valence-electron chi connectivity index (χ3n) is 4.34. The first-order chi connectivity index (χ1) is 11.9. The molecule has 1 aliphatic heterocycles. The minimum atomic E-state index is -0.326. The maximum Gasteiger partial charge on any atom is 0.246 e. The van der Waals surface area contributed by atoms with Crippen molar-refractivity contribution in [1.29, 1.82) is 0 Å². The second-order valence-corrected chi connectivity index (χ2v) is 7.57. The van der Waals surface area contributed by atoms with Gasteiger partial charge in [-0.15, -0.1) is 0 Å². The van der Waals surface area contributed by atoms with Gasteiger partial charge in [-0.3, -0.25) is 4.79 Å². The summed E-state index contributed by atoms with van der Waals surface area (Å²) in [7, 11) is 1.69. The Hall–Kier alpha value is -1.43. The van der Waals surface area contributed by atoms with Crippen LogP contribution < -0.4 is 5.32 Å². The van der Waals surface area contributed by atoms with Crippen LogP contribution >= 0.6 is 0 Å². The zero-order valence-electron chi connectivity index (χ0n) is 15.8. The molecule has 1 aliphatic rings. The molecule has 1 N–H and O–H groups in total. The lowest BCUT2D eigenvalue weighted by atomic mass is 9.86. The molecule has 0 bridgehead atoms. The van der Waals surface area contributed by atoms with Crippen molar-refractivity contribution in [3.8, 4) is 0 Å². The van der Waals surface area contributed by atoms with Crippen LogP contribution in [0.3, 0.4) is 0 Å². The molecule has 1 aromatic rings. The summed E-state index contributed by atoms with van der Waals surface area (Å²) in [6.45, 7) is 8.01. The van der Waals surface area contributed by atoms with Gasteiger partial charge in [-0.2, -0.15) is 0 Å². The number of amides is 1. The lowest BCUT2D eigenvalue weighted by Gasteiger charge is -2.32. The highest BCUT2D eigenvalue weighted by Gasteiger charge is 2.27. The molecule has 140 valence electrons. The summed E-state index contributed by atoms with van der Waals surface area (Å²) >= 11 is 0. The summed E-state index contributed by atoms with van der Waals surface area (Å²) in [5, 5.41) is 3.18. The van der Waals surface area contributed by atoms with E-state index >= 15 is 0 Å². The maximum atomic E-state index is 12.4. The molecule has 5 heteroatoms. The van der Waals surface area contributed by atoms with Gasteiger partial charge in [0.15, 0.2) is 0 Å². The van der Waals surface area contributed by atoms with E-state index in [-0.39, 0.29) is 24.2 Å². The fraction of sp³-hybridized carbons (Fsp3) is 0.650. The quantitative estimate of drug-likeness (QED) is 0.821. The van der Waals surface area contributed by atoms with Crippen LogP contribution in [0.1, 0.15) is 50.8 Å². The van der Waals surface area contributed by atoms with Crippen LogP contribution in [0.25, 0.3) is 0 Å². The molecule has 1 saturated heterocycles. The van der Waals surface area contributed by atoms with Crippen LogP contribution in [0.2, 0.25) is 0 Å². The normalized spacial score (nSPS) is 17.3. The van der Waals surface area contributed by atoms with E-state index in [1.807, 2.05) is 20.8 Å². The van der Waals surface area contributed by atoms with Gasteiger partial charge in [-0.25, -0.2) is 0 Å². The Morgan fingerprint density at radius 3 is 2.44 bits per heavy atom. The molecule has 25 heavy (non-hydrogen) atoms. The van der Waals surface area contributed by atoms with Crippen molar-refractivity contribution in [2.24, 2.45) is 5.92 Å². The van der Waals surface area contributed by atoms with E-state index < -0.39 is 0 Å². The van der Waals surface area contributed by atoms with Gasteiger partial charge < -0.3 is 19.5 Å². The molecule has 2 rings (SSSR count). The van der Waals surface area contributed by atoms with Crippen molar-refractivity contribution < 1.29 is 19.0 Å². The van der Waals surface area contributed by atoms with E-state index in [0.717, 1.165) is 37.2 Å². The summed E-state index contributed by atoms with van der Waals surface area (Å²) in [6.07, 6.45) is 1.90. The number of hydrogen-bond donors (Lipinski definition) is 1. The van der Waals surface area contributed by atoms with Crippen molar-refractivity contribution >= 4 is 5.91 Å². The highest BCUT2D eigenvalue weighted by molar-refractivity contribution is 5.77. The molecule has 1 amide bonds. The zero-order valence-corrected chi connectivity index (χ0v) is 15.8. The Morgan fingerprint density at radius 2 is 1.88 bits per heavy atom. The third-order valence-corrected chi connectivity index (χ3v) is 4.34. The van der Waals surface area contributed by atoms with Crippen molar-refractivity contribution in [2.75, 3.05) is 26.9 Å². The minimum Gasteiger partial charge on any atom is -0.381 e. The van der Waals surface area contributed by atoms with E-state index in [0.29, 0.717) is 12.5 Å². The second kappa shape index (κ2) is 9.32. The van der Waals surface area contributed by atoms with Crippen molar-refractivity contribution in [3.05, 3.63) is 35.4 Å². The maximum absolute atomic E-state index is 12.4. The van der Waals surface area contributed by atoms with Crippen LogP contribution in [0.4, 0.5) is 0 Å². The SMILES string of the molecule is COCc1ccc(C(NC(=O)COC(C)(C)C)C2CCOCC2)cc1. The van der Waals surface area contributed by atoms with Crippen LogP contribution in [0.5, 0.6) is 0 Å². The molecule has 1 atom stereocenters. The second-order valence-electron chi connectivity index (χ2n) is 7.57. The summed E-state index contributed by atoms with van der Waals surface area (Å²) < 4.78 is 16.3. The molecule has 1 heterocycles. The molecule has 1 unspecified atom stereocenters. The average molecular weight is 349 g/mol. The van der Waals surface area contributed by atoms with Gasteiger partial charge in [-0.1, -0.05) is 24.3 Å². The highest BCUT2D eigenvalue weighted by atomic mass is 16.5. The molecule has 1 fully saturated rings. The Morgan fingerprint density at radius 1 is 1.24 bits per heavy atom. The Labute approximate surface area is 151 Å². The first-order valence-electron chi connectivity index (χ1n) is 8.98. The fourth-order valence-electron chi connectivity index (χ4n) is 3.01. The Bertz CT molecular complexity index is 530. The van der Waals surface area contributed by atoms with E-state index in [9.17, 15) is 4.79 Å². The third kappa shape index (κ3) is 6.77. The number of methoxy groups -OCH3 is 1. The number of carbonyl (C=O) groups is 1. The lowest BCUT2D eigenvalue weighted by molar-refractivity contribution is -0.132. The van der Waals surface area contributed by atoms with Gasteiger partial charge in [0, 0.05) is 20.3 Å². The average Bonchev–Trinajstić information content (AvgIpc) is 2.59. The van der Waals surface area contributed by atoms with E-state index in [4.69, 9.17) is 14.2 Å². The largest absolute Gasteiger partial charge is 0.381 e. The number of rotatable bonds is 7. The number of benzene rings is 1. The van der Waals surface area contributed by atoms with Gasteiger partial charge in [0.1, 0.15) is 6.61 Å². The minimum absolute atomic E-state index is 0.0171. The lowest BCUT2D eigenvalue weighted by Crippen LogP contribution is -2.39. The molecule has 0 saturated carbocycles. The molecular weight excluding hydrogens is 318 g/mol. The van der Waals surface area contributed by atoms with Crippen LogP contribution in [-0.4, -0.2) is 38.4 Å². The first kappa shape index (κ1) is 19.9. The van der Waals surface area contributed by atoms with E-state index in [2.05, 4.69) is 29.6 Å². The summed E-state index contributed by atoms with van der Waals surface area (Å²) in [5.74, 6) is 0.299. The van der Waals surface area contributed by atoms with Gasteiger partial charge >= 0.3 is 0 Å². The predicted molar refractivity (Wildman–Crippen MR) is 97.3 cm³/mol.